The number of primary amides is 1. The van der Waals surface area contributed by atoms with Gasteiger partial charge in [0.05, 0.1) is 6.61 Å². The summed E-state index contributed by atoms with van der Waals surface area (Å²) in [7, 11) is 0. The molecule has 0 aliphatic carbocycles. The van der Waals surface area contributed by atoms with Gasteiger partial charge in [0.15, 0.2) is 0 Å². The lowest BCUT2D eigenvalue weighted by molar-refractivity contribution is -0.130. The Bertz CT molecular complexity index is 659. The predicted molar refractivity (Wildman–Crippen MR) is 96.6 cm³/mol. The molecule has 0 fully saturated rings. The van der Waals surface area contributed by atoms with Crippen molar-refractivity contribution in [2.24, 2.45) is 5.73 Å². The summed E-state index contributed by atoms with van der Waals surface area (Å²) < 4.78 is 5.37. The van der Waals surface area contributed by atoms with E-state index in [1.807, 2.05) is 60.7 Å². The van der Waals surface area contributed by atoms with E-state index >= 15 is 0 Å². The molecule has 2 rings (SSSR count). The summed E-state index contributed by atoms with van der Waals surface area (Å²) in [5, 5.41) is 2.65. The van der Waals surface area contributed by atoms with Gasteiger partial charge in [-0.2, -0.15) is 0 Å². The molecule has 2 aromatic carbocycles. The van der Waals surface area contributed by atoms with E-state index in [2.05, 4.69) is 5.32 Å². The molecule has 2 amide bonds. The standard InChI is InChI=1S/C20H24N2O3/c21-20(24)18(13-7-12-16-8-3-1-4-9-16)22-19(23)15-25-14-17-10-5-2-6-11-17/h1-6,8-11,18H,7,12-15H2,(H2,21,24)(H,22,23)/t18-/m0/s1. The molecule has 0 aromatic heterocycles. The highest BCUT2D eigenvalue weighted by Gasteiger charge is 2.17. The maximum absolute atomic E-state index is 11.9. The van der Waals surface area contributed by atoms with Crippen molar-refractivity contribution in [3.63, 3.8) is 0 Å². The van der Waals surface area contributed by atoms with Crippen LogP contribution < -0.4 is 11.1 Å². The zero-order valence-corrected chi connectivity index (χ0v) is 14.2. The van der Waals surface area contributed by atoms with Crippen LogP contribution in [0, 0.1) is 0 Å². The van der Waals surface area contributed by atoms with Gasteiger partial charge in [0.2, 0.25) is 11.8 Å². The van der Waals surface area contributed by atoms with Gasteiger partial charge in [-0.05, 0) is 30.4 Å². The molecule has 0 radical (unpaired) electrons. The Morgan fingerprint density at radius 3 is 2.16 bits per heavy atom. The normalized spacial score (nSPS) is 11.7. The topological polar surface area (TPSA) is 81.4 Å². The van der Waals surface area contributed by atoms with E-state index in [4.69, 9.17) is 10.5 Å². The number of carbonyl (C=O) groups excluding carboxylic acids is 2. The molecule has 2 aromatic rings. The number of ether oxygens (including phenoxy) is 1. The first-order valence-electron chi connectivity index (χ1n) is 8.39. The third-order valence-electron chi connectivity index (χ3n) is 3.82. The second-order valence-corrected chi connectivity index (χ2v) is 5.88. The van der Waals surface area contributed by atoms with E-state index in [0.29, 0.717) is 13.0 Å². The minimum Gasteiger partial charge on any atom is -0.368 e. The third kappa shape index (κ3) is 7.18. The molecule has 0 heterocycles. The highest BCUT2D eigenvalue weighted by atomic mass is 16.5. The van der Waals surface area contributed by atoms with Gasteiger partial charge in [0.1, 0.15) is 12.6 Å². The zero-order valence-electron chi connectivity index (χ0n) is 14.2. The van der Waals surface area contributed by atoms with E-state index in [0.717, 1.165) is 18.4 Å². The minimum atomic E-state index is -0.670. The molecule has 0 saturated carbocycles. The Morgan fingerprint density at radius 1 is 0.960 bits per heavy atom. The van der Waals surface area contributed by atoms with Crippen LogP contribution in [0.4, 0.5) is 0 Å². The van der Waals surface area contributed by atoms with Crippen molar-refractivity contribution >= 4 is 11.8 Å². The van der Waals surface area contributed by atoms with Gasteiger partial charge < -0.3 is 15.8 Å². The number of hydrogen-bond acceptors (Lipinski definition) is 3. The van der Waals surface area contributed by atoms with Crippen LogP contribution >= 0.6 is 0 Å². The van der Waals surface area contributed by atoms with Gasteiger partial charge in [0.25, 0.3) is 0 Å². The van der Waals surface area contributed by atoms with Crippen LogP contribution in [0.5, 0.6) is 0 Å². The maximum atomic E-state index is 11.9. The largest absolute Gasteiger partial charge is 0.368 e. The minimum absolute atomic E-state index is 0.0998. The Balaban J connectivity index is 1.70. The first-order valence-corrected chi connectivity index (χ1v) is 8.39. The molecular weight excluding hydrogens is 316 g/mol. The van der Waals surface area contributed by atoms with E-state index in [1.165, 1.54) is 5.56 Å². The molecule has 132 valence electrons. The summed E-state index contributed by atoms with van der Waals surface area (Å²) in [5.74, 6) is -0.857. The van der Waals surface area contributed by atoms with Crippen LogP contribution in [-0.2, 0) is 27.4 Å². The molecule has 1 atom stereocenters. The molecule has 0 aliphatic rings. The van der Waals surface area contributed by atoms with Crippen molar-refractivity contribution in [2.75, 3.05) is 6.61 Å². The molecular formula is C20H24N2O3. The highest BCUT2D eigenvalue weighted by Crippen LogP contribution is 2.07. The highest BCUT2D eigenvalue weighted by molar-refractivity contribution is 5.86. The number of nitrogens with one attached hydrogen (secondary N) is 1. The number of amides is 2. The van der Waals surface area contributed by atoms with Crippen LogP contribution in [-0.4, -0.2) is 24.5 Å². The summed E-state index contributed by atoms with van der Waals surface area (Å²) >= 11 is 0. The van der Waals surface area contributed by atoms with Gasteiger partial charge >= 0.3 is 0 Å². The van der Waals surface area contributed by atoms with Gasteiger partial charge in [-0.25, -0.2) is 0 Å². The van der Waals surface area contributed by atoms with Crippen LogP contribution in [0.2, 0.25) is 0 Å². The van der Waals surface area contributed by atoms with Crippen molar-refractivity contribution in [1.82, 2.24) is 5.32 Å². The smallest absolute Gasteiger partial charge is 0.246 e. The Morgan fingerprint density at radius 2 is 1.56 bits per heavy atom. The summed E-state index contributed by atoms with van der Waals surface area (Å²) in [6, 6.07) is 18.9. The Kier molecular flexibility index (Phi) is 7.66. The number of aryl methyl sites for hydroxylation is 1. The SMILES string of the molecule is NC(=O)[C@H](CCCc1ccccc1)NC(=O)COCc1ccccc1. The summed E-state index contributed by atoms with van der Waals surface area (Å²) in [5.41, 5.74) is 7.58. The monoisotopic (exact) mass is 340 g/mol. The fraction of sp³-hybridized carbons (Fsp3) is 0.300. The van der Waals surface area contributed by atoms with Gasteiger partial charge in [0, 0.05) is 0 Å². The molecule has 3 N–H and O–H groups in total. The number of carbonyl (C=O) groups is 2. The molecule has 0 spiro atoms. The lowest BCUT2D eigenvalue weighted by atomic mass is 10.0. The molecule has 0 unspecified atom stereocenters. The number of nitrogens with two attached hydrogens (primary N) is 1. The van der Waals surface area contributed by atoms with Gasteiger partial charge in [-0.15, -0.1) is 0 Å². The molecule has 5 nitrogen and oxygen atoms in total. The van der Waals surface area contributed by atoms with Crippen LogP contribution in [0.15, 0.2) is 60.7 Å². The van der Waals surface area contributed by atoms with Crippen molar-refractivity contribution in [2.45, 2.75) is 31.9 Å². The first-order chi connectivity index (χ1) is 12.1. The lowest BCUT2D eigenvalue weighted by Crippen LogP contribution is -2.45. The fourth-order valence-corrected chi connectivity index (χ4v) is 2.51. The number of rotatable bonds is 10. The van der Waals surface area contributed by atoms with E-state index in [-0.39, 0.29) is 12.5 Å². The average molecular weight is 340 g/mol. The summed E-state index contributed by atoms with van der Waals surface area (Å²) in [6.45, 7) is 0.251. The molecule has 25 heavy (non-hydrogen) atoms. The molecule has 0 saturated heterocycles. The Labute approximate surface area is 148 Å². The molecule has 0 bridgehead atoms. The number of benzene rings is 2. The van der Waals surface area contributed by atoms with E-state index in [1.54, 1.807) is 0 Å². The second-order valence-electron chi connectivity index (χ2n) is 5.88. The van der Waals surface area contributed by atoms with Crippen LogP contribution in [0.1, 0.15) is 24.0 Å². The summed E-state index contributed by atoms with van der Waals surface area (Å²) in [6.07, 6.45) is 2.11. The van der Waals surface area contributed by atoms with E-state index in [9.17, 15) is 9.59 Å². The van der Waals surface area contributed by atoms with Crippen molar-refractivity contribution in [3.8, 4) is 0 Å². The van der Waals surface area contributed by atoms with Crippen LogP contribution in [0.25, 0.3) is 0 Å². The van der Waals surface area contributed by atoms with E-state index < -0.39 is 11.9 Å². The number of hydrogen-bond donors (Lipinski definition) is 2. The van der Waals surface area contributed by atoms with Crippen molar-refractivity contribution < 1.29 is 14.3 Å². The lowest BCUT2D eigenvalue weighted by Gasteiger charge is -2.15. The fourth-order valence-electron chi connectivity index (χ4n) is 2.51. The zero-order chi connectivity index (χ0) is 17.9. The molecule has 0 aliphatic heterocycles. The molecule has 5 heteroatoms. The quantitative estimate of drug-likeness (QED) is 0.696. The average Bonchev–Trinajstić information content (AvgIpc) is 2.62. The predicted octanol–water partition coefficient (Wildman–Crippen LogP) is 2.20. The van der Waals surface area contributed by atoms with Gasteiger partial charge in [-0.3, -0.25) is 9.59 Å². The van der Waals surface area contributed by atoms with Crippen LogP contribution in [0.3, 0.4) is 0 Å². The first kappa shape index (κ1) is 18.7. The third-order valence-corrected chi connectivity index (χ3v) is 3.82. The van der Waals surface area contributed by atoms with Crippen molar-refractivity contribution in [3.05, 3.63) is 71.8 Å². The van der Waals surface area contributed by atoms with Crippen molar-refractivity contribution in [1.29, 1.82) is 0 Å². The summed E-state index contributed by atoms with van der Waals surface area (Å²) in [4.78, 5) is 23.5. The Hall–Kier alpha value is -2.66. The second kappa shape index (κ2) is 10.3. The maximum Gasteiger partial charge on any atom is 0.246 e. The van der Waals surface area contributed by atoms with Gasteiger partial charge in [-0.1, -0.05) is 60.7 Å².